The summed E-state index contributed by atoms with van der Waals surface area (Å²) in [6.45, 7) is 0. The number of nitrogens with one attached hydrogen (secondary N) is 1. The van der Waals surface area contributed by atoms with Gasteiger partial charge in [0.05, 0.1) is 10.5 Å². The SMILES string of the molecule is O=C(N[C@H]1CC[C@](F)(S(=O)(=O)c2cc(F)cc(C(F)(F)F)c2)CC1)c1cc(F)cc(Cl)c1. The zero-order valence-electron chi connectivity index (χ0n) is 16.1. The van der Waals surface area contributed by atoms with Gasteiger partial charge in [-0.3, -0.25) is 4.79 Å². The monoisotopic (exact) mass is 499 g/mol. The number of hydrogen-bond donors (Lipinski definition) is 1. The molecule has 0 aliphatic heterocycles. The third kappa shape index (κ3) is 5.03. The lowest BCUT2D eigenvalue weighted by atomic mass is 9.93. The first-order chi connectivity index (χ1) is 14.7. The Hall–Kier alpha value is -2.27. The summed E-state index contributed by atoms with van der Waals surface area (Å²) in [4.78, 5) is 11.2. The summed E-state index contributed by atoms with van der Waals surface area (Å²) in [7, 11) is -4.97. The molecule has 0 atom stereocenters. The quantitative estimate of drug-likeness (QED) is 0.569. The molecule has 0 spiro atoms. The maximum atomic E-state index is 15.4. The van der Waals surface area contributed by atoms with Gasteiger partial charge in [0, 0.05) is 16.6 Å². The molecule has 1 saturated carbocycles. The Morgan fingerprint density at radius 1 is 1.00 bits per heavy atom. The van der Waals surface area contributed by atoms with Crippen molar-refractivity contribution >= 4 is 27.3 Å². The molecule has 0 saturated heterocycles. The van der Waals surface area contributed by atoms with Crippen molar-refractivity contribution in [1.82, 2.24) is 5.32 Å². The van der Waals surface area contributed by atoms with Crippen molar-refractivity contribution in [2.24, 2.45) is 0 Å². The molecule has 1 aliphatic carbocycles. The second-order valence-electron chi connectivity index (χ2n) is 7.47. The van der Waals surface area contributed by atoms with Gasteiger partial charge in [0.1, 0.15) is 11.6 Å². The molecule has 0 radical (unpaired) electrons. The van der Waals surface area contributed by atoms with Gasteiger partial charge in [-0.1, -0.05) is 11.6 Å². The minimum absolute atomic E-state index is 0.0130. The highest BCUT2D eigenvalue weighted by atomic mass is 35.5. The highest BCUT2D eigenvalue weighted by molar-refractivity contribution is 7.92. The zero-order chi connectivity index (χ0) is 23.9. The Balaban J connectivity index is 1.75. The molecule has 0 bridgehead atoms. The predicted octanol–water partition coefficient (Wildman–Crippen LogP) is 5.45. The van der Waals surface area contributed by atoms with Gasteiger partial charge < -0.3 is 5.32 Å². The number of rotatable bonds is 4. The van der Waals surface area contributed by atoms with Gasteiger partial charge in [-0.15, -0.1) is 0 Å². The molecule has 1 aliphatic rings. The number of amides is 1. The fourth-order valence-electron chi connectivity index (χ4n) is 3.51. The number of alkyl halides is 4. The lowest BCUT2D eigenvalue weighted by molar-refractivity contribution is -0.137. The normalized spacial score (nSPS) is 21.9. The van der Waals surface area contributed by atoms with E-state index in [9.17, 15) is 35.2 Å². The fraction of sp³-hybridized carbons (Fsp3) is 0.350. The van der Waals surface area contributed by atoms with Crippen molar-refractivity contribution < 1.29 is 39.6 Å². The molecule has 0 unspecified atom stereocenters. The lowest BCUT2D eigenvalue weighted by Gasteiger charge is -2.34. The second-order valence-corrected chi connectivity index (χ2v) is 10.1. The number of carbonyl (C=O) groups excluding carboxylic acids is 1. The third-order valence-electron chi connectivity index (χ3n) is 5.18. The van der Waals surface area contributed by atoms with E-state index < -0.39 is 67.9 Å². The van der Waals surface area contributed by atoms with Gasteiger partial charge in [0.25, 0.3) is 5.91 Å². The van der Waals surface area contributed by atoms with E-state index in [1.807, 2.05) is 0 Å². The highest BCUT2D eigenvalue weighted by Crippen LogP contribution is 2.42. The van der Waals surface area contributed by atoms with Crippen LogP contribution in [0.3, 0.4) is 0 Å². The Morgan fingerprint density at radius 3 is 2.16 bits per heavy atom. The molecular formula is C20H16ClF6NO3S. The molecule has 174 valence electrons. The van der Waals surface area contributed by atoms with Crippen LogP contribution in [-0.2, 0) is 16.0 Å². The van der Waals surface area contributed by atoms with Crippen LogP contribution in [0.2, 0.25) is 5.02 Å². The Labute approximate surface area is 184 Å². The summed E-state index contributed by atoms with van der Waals surface area (Å²) < 4.78 is 107. The van der Waals surface area contributed by atoms with Crippen molar-refractivity contribution in [3.05, 3.63) is 64.2 Å². The van der Waals surface area contributed by atoms with Crippen LogP contribution in [-0.4, -0.2) is 25.4 Å². The standard InChI is InChI=1S/C20H16ClF6NO3S/c21-13-5-11(6-14(22)9-13)18(29)28-16-1-3-19(24,4-2-16)32(30,31)17-8-12(20(25,26)27)7-15(23)10-17/h5-10,16H,1-4H2,(H,28,29)/t16-,19-. The topological polar surface area (TPSA) is 63.2 Å². The molecule has 32 heavy (non-hydrogen) atoms. The molecule has 1 amide bonds. The summed E-state index contributed by atoms with van der Waals surface area (Å²) in [5.41, 5.74) is -1.63. The maximum absolute atomic E-state index is 15.4. The largest absolute Gasteiger partial charge is 0.416 e. The number of benzene rings is 2. The molecular weight excluding hydrogens is 484 g/mol. The molecule has 2 aromatic carbocycles. The van der Waals surface area contributed by atoms with Crippen molar-refractivity contribution in [3.8, 4) is 0 Å². The molecule has 1 N–H and O–H groups in total. The summed E-state index contributed by atoms with van der Waals surface area (Å²) in [6.07, 6.45) is -6.61. The molecule has 4 nitrogen and oxygen atoms in total. The highest BCUT2D eigenvalue weighted by Gasteiger charge is 2.48. The second kappa shape index (κ2) is 8.58. The first kappa shape index (κ1) is 24.4. The van der Waals surface area contributed by atoms with Crippen LogP contribution < -0.4 is 5.32 Å². The Kier molecular flexibility index (Phi) is 6.54. The van der Waals surface area contributed by atoms with E-state index in [0.29, 0.717) is 6.07 Å². The fourth-order valence-corrected chi connectivity index (χ4v) is 5.48. The van der Waals surface area contributed by atoms with Crippen molar-refractivity contribution in [2.75, 3.05) is 0 Å². The van der Waals surface area contributed by atoms with Crippen LogP contribution in [0.1, 0.15) is 41.6 Å². The Bertz CT molecular complexity index is 1120. The van der Waals surface area contributed by atoms with Crippen molar-refractivity contribution in [3.63, 3.8) is 0 Å². The van der Waals surface area contributed by atoms with Gasteiger partial charge in [0.15, 0.2) is 0 Å². The summed E-state index contributed by atoms with van der Waals surface area (Å²) in [5.74, 6) is -2.91. The summed E-state index contributed by atoms with van der Waals surface area (Å²) in [6, 6.07) is 3.15. The van der Waals surface area contributed by atoms with Crippen LogP contribution in [0, 0.1) is 11.6 Å². The van der Waals surface area contributed by atoms with E-state index in [4.69, 9.17) is 11.6 Å². The maximum Gasteiger partial charge on any atom is 0.416 e. The van der Waals surface area contributed by atoms with Crippen LogP contribution >= 0.6 is 11.6 Å². The van der Waals surface area contributed by atoms with Crippen LogP contribution in [0.25, 0.3) is 0 Å². The average Bonchev–Trinajstić information content (AvgIpc) is 2.67. The first-order valence-electron chi connectivity index (χ1n) is 9.29. The molecule has 1 fully saturated rings. The minimum Gasteiger partial charge on any atom is -0.349 e. The lowest BCUT2D eigenvalue weighted by Crippen LogP contribution is -2.45. The molecule has 0 aromatic heterocycles. The van der Waals surface area contributed by atoms with Gasteiger partial charge in [-0.25, -0.2) is 21.6 Å². The van der Waals surface area contributed by atoms with Gasteiger partial charge in [0.2, 0.25) is 14.8 Å². The van der Waals surface area contributed by atoms with E-state index in [1.165, 1.54) is 6.07 Å². The Morgan fingerprint density at radius 2 is 1.59 bits per heavy atom. The van der Waals surface area contributed by atoms with Crippen molar-refractivity contribution in [1.29, 1.82) is 0 Å². The van der Waals surface area contributed by atoms with Crippen LogP contribution in [0.5, 0.6) is 0 Å². The van der Waals surface area contributed by atoms with Gasteiger partial charge in [-0.2, -0.15) is 13.2 Å². The average molecular weight is 500 g/mol. The smallest absolute Gasteiger partial charge is 0.349 e. The first-order valence-corrected chi connectivity index (χ1v) is 11.2. The van der Waals surface area contributed by atoms with E-state index in [0.717, 1.165) is 12.1 Å². The van der Waals surface area contributed by atoms with E-state index in [2.05, 4.69) is 5.32 Å². The predicted molar refractivity (Wildman–Crippen MR) is 104 cm³/mol. The molecule has 0 heterocycles. The number of sulfone groups is 1. The zero-order valence-corrected chi connectivity index (χ0v) is 17.7. The minimum atomic E-state index is -5.02. The molecule has 12 heteroatoms. The van der Waals surface area contributed by atoms with Gasteiger partial charge in [-0.05, 0) is 62.1 Å². The summed E-state index contributed by atoms with van der Waals surface area (Å²) >= 11 is 5.70. The van der Waals surface area contributed by atoms with E-state index in [-0.39, 0.29) is 35.6 Å². The van der Waals surface area contributed by atoms with Crippen LogP contribution in [0.4, 0.5) is 26.3 Å². The van der Waals surface area contributed by atoms with E-state index in [1.54, 1.807) is 0 Å². The molecule has 2 aromatic rings. The third-order valence-corrected chi connectivity index (χ3v) is 7.63. The number of halogens is 7. The summed E-state index contributed by atoms with van der Waals surface area (Å²) in [5, 5.41) is -0.428. The van der Waals surface area contributed by atoms with Gasteiger partial charge >= 0.3 is 6.18 Å². The number of hydrogen-bond acceptors (Lipinski definition) is 3. The van der Waals surface area contributed by atoms with E-state index >= 15 is 4.39 Å². The number of carbonyl (C=O) groups is 1. The van der Waals surface area contributed by atoms with Crippen molar-refractivity contribution in [2.45, 2.75) is 47.8 Å². The molecule has 3 rings (SSSR count). The van der Waals surface area contributed by atoms with Crippen LogP contribution in [0.15, 0.2) is 41.3 Å².